The topological polar surface area (TPSA) is 78.9 Å². The summed E-state index contributed by atoms with van der Waals surface area (Å²) in [6.45, 7) is 1.27. The molecule has 0 radical (unpaired) electrons. The lowest BCUT2D eigenvalue weighted by atomic mass is 9.95. The molecule has 7 heteroatoms. The molecule has 0 bridgehead atoms. The molecule has 1 heterocycles. The Bertz CT molecular complexity index is 569. The van der Waals surface area contributed by atoms with Gasteiger partial charge in [-0.05, 0) is 37.7 Å². The van der Waals surface area contributed by atoms with E-state index in [2.05, 4.69) is 5.32 Å². The third-order valence-corrected chi connectivity index (χ3v) is 4.80. The number of thioether (sulfide) groups is 1. The maximum atomic E-state index is 12.0. The Morgan fingerprint density at radius 1 is 1.28 bits per heavy atom. The molecule has 138 valence electrons. The minimum atomic E-state index is -0.975. The predicted molar refractivity (Wildman–Crippen MR) is 98.7 cm³/mol. The highest BCUT2D eigenvalue weighted by Crippen LogP contribution is 2.22. The number of nitrogens with zero attached hydrogens (tertiary/aromatic N) is 1. The lowest BCUT2D eigenvalue weighted by Crippen LogP contribution is -2.45. The zero-order valence-electron chi connectivity index (χ0n) is 14.6. The van der Waals surface area contributed by atoms with E-state index in [4.69, 9.17) is 4.74 Å². The van der Waals surface area contributed by atoms with Crippen LogP contribution in [0.2, 0.25) is 0 Å². The summed E-state index contributed by atoms with van der Waals surface area (Å²) in [4.78, 5) is 25.7. The zero-order chi connectivity index (χ0) is 18.1. The Morgan fingerprint density at radius 3 is 2.76 bits per heavy atom. The second-order valence-electron chi connectivity index (χ2n) is 6.27. The Labute approximate surface area is 152 Å². The molecule has 1 fully saturated rings. The summed E-state index contributed by atoms with van der Waals surface area (Å²) in [5.74, 6) is 0.939. The summed E-state index contributed by atoms with van der Waals surface area (Å²) in [6, 6.07) is 9.12. The molecule has 1 aromatic rings. The van der Waals surface area contributed by atoms with Crippen LogP contribution in [0.3, 0.4) is 0 Å². The first kappa shape index (κ1) is 19.6. The fourth-order valence-corrected chi connectivity index (χ4v) is 3.23. The van der Waals surface area contributed by atoms with Crippen LogP contribution in [-0.4, -0.2) is 65.7 Å². The van der Waals surface area contributed by atoms with Crippen molar-refractivity contribution in [2.75, 3.05) is 38.2 Å². The van der Waals surface area contributed by atoms with Crippen molar-refractivity contribution in [3.63, 3.8) is 0 Å². The van der Waals surface area contributed by atoms with Gasteiger partial charge in [0.25, 0.3) is 5.91 Å². The van der Waals surface area contributed by atoms with Crippen LogP contribution in [0.1, 0.15) is 19.3 Å². The predicted octanol–water partition coefficient (Wildman–Crippen LogP) is 1.29. The largest absolute Gasteiger partial charge is 0.484 e. The number of carbonyl (C=O) groups is 2. The van der Waals surface area contributed by atoms with Gasteiger partial charge < -0.3 is 20.1 Å². The smallest absolute Gasteiger partial charge is 0.258 e. The molecule has 0 unspecified atom stereocenters. The number of carbonyl (C=O) groups excluding carboxylic acids is 2. The van der Waals surface area contributed by atoms with Gasteiger partial charge >= 0.3 is 0 Å². The average molecular weight is 366 g/mol. The molecule has 0 saturated carbocycles. The number of nitrogens with one attached hydrogen (secondary N) is 1. The SMILES string of the molecule is CSCC(=O)N1CCC[C@](O)(CNC(=O)COc2ccccc2)CC1. The molecule has 1 aliphatic heterocycles. The van der Waals surface area contributed by atoms with Crippen molar-refractivity contribution in [3.8, 4) is 5.75 Å². The van der Waals surface area contributed by atoms with Gasteiger partial charge in [-0.1, -0.05) is 18.2 Å². The van der Waals surface area contributed by atoms with E-state index in [1.54, 1.807) is 17.0 Å². The van der Waals surface area contributed by atoms with Crippen LogP contribution in [-0.2, 0) is 9.59 Å². The molecule has 1 atom stereocenters. The van der Waals surface area contributed by atoms with Crippen molar-refractivity contribution in [2.24, 2.45) is 0 Å². The highest BCUT2D eigenvalue weighted by Gasteiger charge is 2.31. The molecule has 2 amide bonds. The molecule has 1 saturated heterocycles. The summed E-state index contributed by atoms with van der Waals surface area (Å²) < 4.78 is 5.39. The Balaban J connectivity index is 1.75. The van der Waals surface area contributed by atoms with Gasteiger partial charge in [0.15, 0.2) is 6.61 Å². The van der Waals surface area contributed by atoms with E-state index >= 15 is 0 Å². The third kappa shape index (κ3) is 6.59. The van der Waals surface area contributed by atoms with Crippen LogP contribution in [0.25, 0.3) is 0 Å². The van der Waals surface area contributed by atoms with E-state index in [-0.39, 0.29) is 25.0 Å². The van der Waals surface area contributed by atoms with Crippen LogP contribution in [0.4, 0.5) is 0 Å². The van der Waals surface area contributed by atoms with Crippen molar-refractivity contribution in [3.05, 3.63) is 30.3 Å². The number of amides is 2. The minimum Gasteiger partial charge on any atom is -0.484 e. The molecule has 6 nitrogen and oxygen atoms in total. The lowest BCUT2D eigenvalue weighted by molar-refractivity contribution is -0.128. The van der Waals surface area contributed by atoms with Gasteiger partial charge in [-0.3, -0.25) is 9.59 Å². The van der Waals surface area contributed by atoms with E-state index in [0.717, 1.165) is 6.42 Å². The van der Waals surface area contributed by atoms with Crippen LogP contribution in [0.5, 0.6) is 5.75 Å². The molecular weight excluding hydrogens is 340 g/mol. The number of likely N-dealkylation sites (tertiary alicyclic amines) is 1. The van der Waals surface area contributed by atoms with E-state index in [9.17, 15) is 14.7 Å². The fraction of sp³-hybridized carbons (Fsp3) is 0.556. The molecule has 2 rings (SSSR count). The molecule has 0 aliphatic carbocycles. The number of hydrogen-bond donors (Lipinski definition) is 2. The van der Waals surface area contributed by atoms with E-state index in [0.29, 0.717) is 37.4 Å². The van der Waals surface area contributed by atoms with Crippen molar-refractivity contribution >= 4 is 23.6 Å². The number of benzene rings is 1. The van der Waals surface area contributed by atoms with Gasteiger partial charge in [0.05, 0.1) is 11.4 Å². The first-order chi connectivity index (χ1) is 12.0. The second kappa shape index (κ2) is 9.68. The van der Waals surface area contributed by atoms with Crippen molar-refractivity contribution in [1.82, 2.24) is 10.2 Å². The van der Waals surface area contributed by atoms with Crippen LogP contribution in [0, 0.1) is 0 Å². The molecule has 25 heavy (non-hydrogen) atoms. The Morgan fingerprint density at radius 2 is 2.04 bits per heavy atom. The fourth-order valence-electron chi connectivity index (χ4n) is 2.80. The van der Waals surface area contributed by atoms with Gasteiger partial charge in [0.2, 0.25) is 5.91 Å². The molecule has 1 aliphatic rings. The number of aliphatic hydroxyl groups is 1. The number of para-hydroxylation sites is 1. The van der Waals surface area contributed by atoms with Crippen molar-refractivity contribution in [1.29, 1.82) is 0 Å². The molecule has 2 N–H and O–H groups in total. The van der Waals surface area contributed by atoms with E-state index < -0.39 is 5.60 Å². The lowest BCUT2D eigenvalue weighted by Gasteiger charge is -2.27. The molecule has 0 spiro atoms. The van der Waals surface area contributed by atoms with Crippen LogP contribution in [0.15, 0.2) is 30.3 Å². The van der Waals surface area contributed by atoms with Gasteiger partial charge in [-0.25, -0.2) is 0 Å². The summed E-state index contributed by atoms with van der Waals surface area (Å²) in [5, 5.41) is 13.5. The minimum absolute atomic E-state index is 0.0849. The average Bonchev–Trinajstić information content (AvgIpc) is 2.82. The van der Waals surface area contributed by atoms with E-state index in [1.165, 1.54) is 11.8 Å². The maximum Gasteiger partial charge on any atom is 0.258 e. The highest BCUT2D eigenvalue weighted by atomic mass is 32.2. The number of ether oxygens (including phenoxy) is 1. The van der Waals surface area contributed by atoms with E-state index in [1.807, 2.05) is 24.5 Å². The summed E-state index contributed by atoms with van der Waals surface area (Å²) in [5.41, 5.74) is -0.975. The first-order valence-corrected chi connectivity index (χ1v) is 9.85. The maximum absolute atomic E-state index is 12.0. The Kier molecular flexibility index (Phi) is 7.58. The third-order valence-electron chi connectivity index (χ3n) is 4.27. The standard InChI is InChI=1S/C18H26N2O4S/c1-25-13-17(22)20-10-5-8-18(23,9-11-20)14-19-16(21)12-24-15-6-3-2-4-7-15/h2-4,6-7,23H,5,8-14H2,1H3,(H,19,21)/t18-/m1/s1. The monoisotopic (exact) mass is 366 g/mol. The zero-order valence-corrected chi connectivity index (χ0v) is 15.4. The van der Waals surface area contributed by atoms with Gasteiger partial charge in [0, 0.05) is 19.6 Å². The number of rotatable bonds is 7. The van der Waals surface area contributed by atoms with Crippen LogP contribution >= 0.6 is 11.8 Å². The quantitative estimate of drug-likeness (QED) is 0.760. The highest BCUT2D eigenvalue weighted by molar-refractivity contribution is 7.99. The number of hydrogen-bond acceptors (Lipinski definition) is 5. The van der Waals surface area contributed by atoms with Gasteiger partial charge in [-0.15, -0.1) is 0 Å². The summed E-state index contributed by atoms with van der Waals surface area (Å²) in [7, 11) is 0. The van der Waals surface area contributed by atoms with Crippen LogP contribution < -0.4 is 10.1 Å². The molecule has 0 aromatic heterocycles. The Hall–Kier alpha value is -1.73. The molecular formula is C18H26N2O4S. The molecule has 1 aromatic carbocycles. The second-order valence-corrected chi connectivity index (χ2v) is 7.14. The normalized spacial score (nSPS) is 20.6. The summed E-state index contributed by atoms with van der Waals surface area (Å²) >= 11 is 1.50. The van der Waals surface area contributed by atoms with Gasteiger partial charge in [0.1, 0.15) is 5.75 Å². The van der Waals surface area contributed by atoms with Crippen molar-refractivity contribution < 1.29 is 19.4 Å². The summed E-state index contributed by atoms with van der Waals surface area (Å²) in [6.07, 6.45) is 3.66. The first-order valence-electron chi connectivity index (χ1n) is 8.46. The van der Waals surface area contributed by atoms with Gasteiger partial charge in [-0.2, -0.15) is 11.8 Å². The van der Waals surface area contributed by atoms with Crippen molar-refractivity contribution in [2.45, 2.75) is 24.9 Å².